The van der Waals surface area contributed by atoms with E-state index in [0.29, 0.717) is 13.1 Å². The highest BCUT2D eigenvalue weighted by molar-refractivity contribution is 5.83. The summed E-state index contributed by atoms with van der Waals surface area (Å²) >= 11 is 0. The van der Waals surface area contributed by atoms with Crippen molar-refractivity contribution in [2.24, 2.45) is 0 Å². The Balaban J connectivity index is 1.65. The molecule has 0 saturated carbocycles. The average molecular weight is 439 g/mol. The van der Waals surface area contributed by atoms with E-state index in [0.717, 1.165) is 60.3 Å². The highest BCUT2D eigenvalue weighted by Crippen LogP contribution is 2.23. The third kappa shape index (κ3) is 4.61. The molecule has 0 unspecified atom stereocenters. The number of benzene rings is 1. The number of rotatable bonds is 8. The number of nitrogens with one attached hydrogen (secondary N) is 1. The van der Waals surface area contributed by atoms with E-state index in [-0.39, 0.29) is 17.2 Å². The lowest BCUT2D eigenvalue weighted by Crippen LogP contribution is -2.36. The van der Waals surface area contributed by atoms with Crippen LogP contribution in [0.2, 0.25) is 0 Å². The van der Waals surface area contributed by atoms with Crippen molar-refractivity contribution in [1.29, 1.82) is 0 Å². The highest BCUT2D eigenvalue weighted by atomic mass is 16.5. The maximum atomic E-state index is 13.0. The molecule has 1 saturated heterocycles. The molecule has 0 spiro atoms. The van der Waals surface area contributed by atoms with E-state index >= 15 is 0 Å². The summed E-state index contributed by atoms with van der Waals surface area (Å²) < 4.78 is 7.81. The monoisotopic (exact) mass is 438 g/mol. The molecule has 32 heavy (non-hydrogen) atoms. The summed E-state index contributed by atoms with van der Waals surface area (Å²) in [5, 5.41) is 13.6. The molecule has 1 aromatic carbocycles. The van der Waals surface area contributed by atoms with Crippen LogP contribution in [0.25, 0.3) is 10.9 Å². The predicted molar refractivity (Wildman–Crippen MR) is 125 cm³/mol. The lowest BCUT2D eigenvalue weighted by molar-refractivity contribution is 0.0656. The van der Waals surface area contributed by atoms with Crippen LogP contribution in [0.3, 0.4) is 0 Å². The normalized spacial score (nSPS) is 17.0. The largest absolute Gasteiger partial charge is 0.377 e. The zero-order valence-corrected chi connectivity index (χ0v) is 19.8. The first-order valence-corrected chi connectivity index (χ1v) is 11.5. The van der Waals surface area contributed by atoms with Gasteiger partial charge in [0.15, 0.2) is 5.82 Å². The minimum atomic E-state index is -0.176. The van der Waals surface area contributed by atoms with E-state index in [4.69, 9.17) is 4.74 Å². The van der Waals surface area contributed by atoms with E-state index in [1.54, 1.807) is 0 Å². The van der Waals surface area contributed by atoms with Crippen LogP contribution in [0.5, 0.6) is 0 Å². The first-order valence-electron chi connectivity index (χ1n) is 11.5. The standard InChI is InChI=1S/C24H34N6O2/c1-6-24(4,5)30-21(26-27-28-30)15-29(14-20-8-7-11-32-20)13-19-12-18-10-9-16(2)17(3)22(18)25-23(19)31/h9-10,12,20H,6-8,11,13-15H2,1-5H3,(H,25,31)/t20-/m0/s1. The molecule has 172 valence electrons. The summed E-state index contributed by atoms with van der Waals surface area (Å²) in [7, 11) is 0. The fourth-order valence-corrected chi connectivity index (χ4v) is 4.31. The van der Waals surface area contributed by atoms with Crippen LogP contribution in [-0.4, -0.2) is 49.3 Å². The van der Waals surface area contributed by atoms with Crippen LogP contribution in [0.1, 0.15) is 62.5 Å². The van der Waals surface area contributed by atoms with E-state index in [2.05, 4.69) is 65.2 Å². The van der Waals surface area contributed by atoms with Crippen molar-refractivity contribution < 1.29 is 4.74 Å². The molecule has 3 aromatic rings. The van der Waals surface area contributed by atoms with Gasteiger partial charge >= 0.3 is 0 Å². The van der Waals surface area contributed by atoms with Gasteiger partial charge in [-0.3, -0.25) is 9.69 Å². The number of hydrogen-bond donors (Lipinski definition) is 1. The van der Waals surface area contributed by atoms with Gasteiger partial charge < -0.3 is 9.72 Å². The Hall–Kier alpha value is -2.58. The lowest BCUT2D eigenvalue weighted by atomic mass is 10.0. The lowest BCUT2D eigenvalue weighted by Gasteiger charge is -2.28. The van der Waals surface area contributed by atoms with Crippen molar-refractivity contribution >= 4 is 10.9 Å². The molecular formula is C24H34N6O2. The smallest absolute Gasteiger partial charge is 0.252 e. The molecule has 2 aromatic heterocycles. The van der Waals surface area contributed by atoms with Crippen LogP contribution in [0, 0.1) is 13.8 Å². The number of ether oxygens (including phenoxy) is 1. The van der Waals surface area contributed by atoms with Crippen molar-refractivity contribution in [2.75, 3.05) is 13.2 Å². The van der Waals surface area contributed by atoms with E-state index in [1.165, 1.54) is 5.56 Å². The highest BCUT2D eigenvalue weighted by Gasteiger charge is 2.26. The SMILES string of the molecule is CCC(C)(C)n1nnnc1CN(Cc1cc2ccc(C)c(C)c2[nH]c1=O)C[C@@H]1CCCO1. The zero-order chi connectivity index (χ0) is 22.9. The van der Waals surface area contributed by atoms with Crippen molar-refractivity contribution in [3.63, 3.8) is 0 Å². The van der Waals surface area contributed by atoms with Gasteiger partial charge in [-0.1, -0.05) is 19.1 Å². The van der Waals surface area contributed by atoms with Gasteiger partial charge in [-0.2, -0.15) is 0 Å². The third-order valence-corrected chi connectivity index (χ3v) is 6.85. The molecule has 0 radical (unpaired) electrons. The second-order valence-electron chi connectivity index (χ2n) is 9.57. The van der Waals surface area contributed by atoms with E-state index in [1.807, 2.05) is 17.7 Å². The van der Waals surface area contributed by atoms with E-state index < -0.39 is 0 Å². The number of H-pyrrole nitrogens is 1. The molecular weight excluding hydrogens is 404 g/mol. The molecule has 0 bridgehead atoms. The Labute approximate surface area is 189 Å². The minimum absolute atomic E-state index is 0.0444. The maximum Gasteiger partial charge on any atom is 0.252 e. The quantitative estimate of drug-likeness (QED) is 0.579. The van der Waals surface area contributed by atoms with Crippen LogP contribution in [0.15, 0.2) is 23.0 Å². The number of aromatic nitrogens is 5. The number of pyridine rings is 1. The summed E-state index contributed by atoms with van der Waals surface area (Å²) in [5.74, 6) is 0.804. The third-order valence-electron chi connectivity index (χ3n) is 6.85. The number of aryl methyl sites for hydroxylation is 2. The predicted octanol–water partition coefficient (Wildman–Crippen LogP) is 3.46. The fraction of sp³-hybridized carbons (Fsp3) is 0.583. The maximum absolute atomic E-state index is 13.0. The molecule has 1 N–H and O–H groups in total. The van der Waals surface area contributed by atoms with Crippen molar-refractivity contribution in [2.45, 2.75) is 78.6 Å². The van der Waals surface area contributed by atoms with Gasteiger partial charge in [-0.15, -0.1) is 5.10 Å². The van der Waals surface area contributed by atoms with Gasteiger partial charge in [0.1, 0.15) is 0 Å². The Morgan fingerprint density at radius 2 is 2.09 bits per heavy atom. The molecule has 0 amide bonds. The molecule has 1 atom stereocenters. The number of nitrogens with zero attached hydrogens (tertiary/aromatic N) is 5. The molecule has 1 aliphatic heterocycles. The van der Waals surface area contributed by atoms with Crippen molar-refractivity contribution in [1.82, 2.24) is 30.1 Å². The zero-order valence-electron chi connectivity index (χ0n) is 19.8. The number of hydrogen-bond acceptors (Lipinski definition) is 6. The summed E-state index contributed by atoms with van der Waals surface area (Å²) in [6.45, 7) is 13.1. The summed E-state index contributed by atoms with van der Waals surface area (Å²) in [4.78, 5) is 18.3. The molecule has 0 aliphatic carbocycles. The Kier molecular flexibility index (Phi) is 6.44. The van der Waals surface area contributed by atoms with Gasteiger partial charge in [0.2, 0.25) is 0 Å². The number of fused-ring (bicyclic) bond motifs is 1. The summed E-state index contributed by atoms with van der Waals surface area (Å²) in [6.07, 6.45) is 3.20. The Morgan fingerprint density at radius 1 is 1.28 bits per heavy atom. The average Bonchev–Trinajstić information content (AvgIpc) is 3.44. The number of aromatic amines is 1. The first-order chi connectivity index (χ1) is 15.3. The van der Waals surface area contributed by atoms with E-state index in [9.17, 15) is 4.79 Å². The summed E-state index contributed by atoms with van der Waals surface area (Å²) in [6, 6.07) is 6.19. The first kappa shape index (κ1) is 22.6. The molecule has 8 heteroatoms. The second kappa shape index (κ2) is 9.11. The van der Waals surface area contributed by atoms with Gasteiger partial charge in [0.25, 0.3) is 5.56 Å². The van der Waals surface area contributed by atoms with Crippen LogP contribution in [-0.2, 0) is 23.4 Å². The molecule has 1 fully saturated rings. The fourth-order valence-electron chi connectivity index (χ4n) is 4.31. The molecule has 4 rings (SSSR count). The molecule has 8 nitrogen and oxygen atoms in total. The molecule has 3 heterocycles. The number of tetrazole rings is 1. The minimum Gasteiger partial charge on any atom is -0.377 e. The van der Waals surface area contributed by atoms with Gasteiger partial charge in [-0.05, 0) is 80.0 Å². The topological polar surface area (TPSA) is 88.9 Å². The van der Waals surface area contributed by atoms with Crippen molar-refractivity contribution in [3.05, 3.63) is 51.1 Å². The summed E-state index contributed by atoms with van der Waals surface area (Å²) in [5.41, 5.74) is 3.72. The van der Waals surface area contributed by atoms with Gasteiger partial charge in [-0.25, -0.2) is 4.68 Å². The van der Waals surface area contributed by atoms with Gasteiger partial charge in [0.05, 0.1) is 23.7 Å². The molecule has 1 aliphatic rings. The Morgan fingerprint density at radius 3 is 2.81 bits per heavy atom. The van der Waals surface area contributed by atoms with Crippen LogP contribution < -0.4 is 5.56 Å². The van der Waals surface area contributed by atoms with Crippen LogP contribution in [0.4, 0.5) is 0 Å². The van der Waals surface area contributed by atoms with Crippen molar-refractivity contribution in [3.8, 4) is 0 Å². The van der Waals surface area contributed by atoms with Crippen LogP contribution >= 0.6 is 0 Å². The Bertz CT molecular complexity index is 1140. The van der Waals surface area contributed by atoms with Gasteiger partial charge in [0, 0.05) is 25.3 Å². The second-order valence-corrected chi connectivity index (χ2v) is 9.57.